The third-order valence-corrected chi connectivity index (χ3v) is 5.80. The van der Waals surface area contributed by atoms with Gasteiger partial charge in [-0.3, -0.25) is 4.79 Å². The van der Waals surface area contributed by atoms with Crippen molar-refractivity contribution in [3.63, 3.8) is 0 Å². The van der Waals surface area contributed by atoms with E-state index in [2.05, 4.69) is 10.4 Å². The first kappa shape index (κ1) is 17.4. The Morgan fingerprint density at radius 1 is 1.25 bits per heavy atom. The number of thioether (sulfide) groups is 1. The second kappa shape index (κ2) is 8.58. The minimum absolute atomic E-state index is 0.0205. The van der Waals surface area contributed by atoms with Crippen molar-refractivity contribution in [1.29, 1.82) is 0 Å². The fraction of sp³-hybridized carbons (Fsp3) is 0.444. The maximum absolute atomic E-state index is 12.2. The van der Waals surface area contributed by atoms with Crippen molar-refractivity contribution in [2.24, 2.45) is 0 Å². The van der Waals surface area contributed by atoms with E-state index in [4.69, 9.17) is 11.6 Å². The Bertz CT molecular complexity index is 682. The predicted octanol–water partition coefficient (Wildman–Crippen LogP) is 5.16. The van der Waals surface area contributed by atoms with Gasteiger partial charge < -0.3 is 5.32 Å². The summed E-state index contributed by atoms with van der Waals surface area (Å²) >= 11 is 7.73. The van der Waals surface area contributed by atoms with Crippen LogP contribution < -0.4 is 5.32 Å². The van der Waals surface area contributed by atoms with Crippen LogP contribution in [0.2, 0.25) is 5.02 Å². The summed E-state index contributed by atoms with van der Waals surface area (Å²) in [6.45, 7) is 0. The van der Waals surface area contributed by atoms with Gasteiger partial charge in [0.25, 0.3) is 0 Å². The van der Waals surface area contributed by atoms with Crippen molar-refractivity contribution < 1.29 is 4.79 Å². The molecule has 24 heavy (non-hydrogen) atoms. The van der Waals surface area contributed by atoms with E-state index in [9.17, 15) is 4.79 Å². The number of hydrogen-bond donors (Lipinski definition) is 1. The number of hydrogen-bond acceptors (Lipinski definition) is 3. The molecule has 0 unspecified atom stereocenters. The first-order valence-electron chi connectivity index (χ1n) is 8.45. The maximum Gasteiger partial charge on any atom is 0.226 e. The highest BCUT2D eigenvalue weighted by Gasteiger charge is 2.19. The third-order valence-electron chi connectivity index (χ3n) is 4.28. The largest absolute Gasteiger partial charge is 0.311 e. The van der Waals surface area contributed by atoms with Crippen LogP contribution in [0.3, 0.4) is 0 Å². The Labute approximate surface area is 152 Å². The molecule has 1 aliphatic carbocycles. The molecule has 1 aromatic heterocycles. The fourth-order valence-corrected chi connectivity index (χ4v) is 4.24. The zero-order valence-corrected chi connectivity index (χ0v) is 15.2. The van der Waals surface area contributed by atoms with Crippen molar-refractivity contribution in [3.8, 4) is 0 Å². The lowest BCUT2D eigenvalue weighted by molar-refractivity contribution is -0.115. The first-order valence-corrected chi connectivity index (χ1v) is 9.81. The molecule has 128 valence electrons. The van der Waals surface area contributed by atoms with E-state index in [0.29, 0.717) is 18.2 Å². The fourth-order valence-electron chi connectivity index (χ4n) is 3.05. The molecule has 3 rings (SSSR count). The lowest BCUT2D eigenvalue weighted by Gasteiger charge is -2.23. The summed E-state index contributed by atoms with van der Waals surface area (Å²) in [5.74, 6) is 1.54. The van der Waals surface area contributed by atoms with Crippen LogP contribution in [-0.4, -0.2) is 21.4 Å². The number of amides is 1. The summed E-state index contributed by atoms with van der Waals surface area (Å²) in [5, 5.41) is 8.15. The molecule has 0 radical (unpaired) electrons. The van der Waals surface area contributed by atoms with Gasteiger partial charge in [-0.2, -0.15) is 5.10 Å². The molecular formula is C18H22ClN3OS. The van der Waals surface area contributed by atoms with Gasteiger partial charge in [0.1, 0.15) is 5.82 Å². The molecule has 1 amide bonds. The average Bonchev–Trinajstić information content (AvgIpc) is 3.05. The molecule has 4 nitrogen and oxygen atoms in total. The Balaban J connectivity index is 1.50. The summed E-state index contributed by atoms with van der Waals surface area (Å²) in [5.41, 5.74) is 0. The lowest BCUT2D eigenvalue weighted by Crippen LogP contribution is -2.20. The molecule has 0 saturated heterocycles. The van der Waals surface area contributed by atoms with Crippen LogP contribution in [-0.2, 0) is 4.79 Å². The third kappa shape index (κ3) is 4.54. The molecule has 0 aliphatic heterocycles. The van der Waals surface area contributed by atoms with E-state index < -0.39 is 0 Å². The minimum Gasteiger partial charge on any atom is -0.311 e. The van der Waals surface area contributed by atoms with Gasteiger partial charge in [0.2, 0.25) is 5.91 Å². The van der Waals surface area contributed by atoms with Gasteiger partial charge >= 0.3 is 0 Å². The zero-order valence-electron chi connectivity index (χ0n) is 13.6. The lowest BCUT2D eigenvalue weighted by atomic mass is 9.96. The molecular weight excluding hydrogens is 342 g/mol. The first-order chi connectivity index (χ1) is 11.7. The highest BCUT2D eigenvalue weighted by molar-refractivity contribution is 7.99. The number of nitrogens with one attached hydrogen (secondary N) is 1. The van der Waals surface area contributed by atoms with Gasteiger partial charge in [0.15, 0.2) is 0 Å². The SMILES string of the molecule is O=C(CCSc1ccccc1Cl)Nc1ccnn1C1CCCCC1. The molecule has 2 aromatic rings. The highest BCUT2D eigenvalue weighted by Crippen LogP contribution is 2.30. The molecule has 1 N–H and O–H groups in total. The number of carbonyl (C=O) groups excluding carboxylic acids is 1. The van der Waals surface area contributed by atoms with Crippen LogP contribution in [0.25, 0.3) is 0 Å². The van der Waals surface area contributed by atoms with Gasteiger partial charge in [-0.05, 0) is 25.0 Å². The van der Waals surface area contributed by atoms with Gasteiger partial charge in [-0.1, -0.05) is 43.0 Å². The predicted molar refractivity (Wildman–Crippen MR) is 99.8 cm³/mol. The topological polar surface area (TPSA) is 46.9 Å². The van der Waals surface area contributed by atoms with Crippen LogP contribution in [0, 0.1) is 0 Å². The number of rotatable bonds is 6. The molecule has 1 aromatic carbocycles. The molecule has 0 spiro atoms. The number of halogens is 1. The van der Waals surface area contributed by atoms with Gasteiger partial charge in [0.05, 0.1) is 17.3 Å². The Morgan fingerprint density at radius 2 is 2.04 bits per heavy atom. The quantitative estimate of drug-likeness (QED) is 0.721. The molecule has 0 bridgehead atoms. The van der Waals surface area contributed by atoms with Gasteiger partial charge in [-0.25, -0.2) is 4.68 Å². The molecule has 1 fully saturated rings. The monoisotopic (exact) mass is 363 g/mol. The number of anilines is 1. The van der Waals surface area contributed by atoms with E-state index in [1.165, 1.54) is 19.3 Å². The molecule has 1 saturated carbocycles. The van der Waals surface area contributed by atoms with Crippen LogP contribution in [0.4, 0.5) is 5.82 Å². The Kier molecular flexibility index (Phi) is 6.21. The highest BCUT2D eigenvalue weighted by atomic mass is 35.5. The van der Waals surface area contributed by atoms with Crippen LogP contribution in [0.5, 0.6) is 0 Å². The van der Waals surface area contributed by atoms with Gasteiger partial charge in [0, 0.05) is 23.1 Å². The van der Waals surface area contributed by atoms with E-state index >= 15 is 0 Å². The minimum atomic E-state index is 0.0205. The van der Waals surface area contributed by atoms with Crippen molar-refractivity contribution in [3.05, 3.63) is 41.6 Å². The van der Waals surface area contributed by atoms with E-state index in [1.807, 2.05) is 35.0 Å². The van der Waals surface area contributed by atoms with Crippen molar-refractivity contribution in [1.82, 2.24) is 9.78 Å². The number of nitrogens with zero attached hydrogens (tertiary/aromatic N) is 2. The van der Waals surface area contributed by atoms with E-state index in [1.54, 1.807) is 18.0 Å². The van der Waals surface area contributed by atoms with Crippen LogP contribution in [0.1, 0.15) is 44.6 Å². The van der Waals surface area contributed by atoms with Crippen LogP contribution >= 0.6 is 23.4 Å². The second-order valence-corrected chi connectivity index (χ2v) is 7.57. The normalized spacial score (nSPS) is 15.4. The molecule has 6 heteroatoms. The summed E-state index contributed by atoms with van der Waals surface area (Å²) in [6, 6.07) is 10.0. The maximum atomic E-state index is 12.2. The summed E-state index contributed by atoms with van der Waals surface area (Å²) in [6.07, 6.45) is 8.30. The van der Waals surface area contributed by atoms with E-state index in [-0.39, 0.29) is 5.91 Å². The summed E-state index contributed by atoms with van der Waals surface area (Å²) in [7, 11) is 0. The van der Waals surface area contributed by atoms with Crippen molar-refractivity contribution in [2.45, 2.75) is 49.5 Å². The van der Waals surface area contributed by atoms with Crippen molar-refractivity contribution in [2.75, 3.05) is 11.1 Å². The smallest absolute Gasteiger partial charge is 0.226 e. The average molecular weight is 364 g/mol. The molecule has 0 atom stereocenters. The van der Waals surface area contributed by atoms with Gasteiger partial charge in [-0.15, -0.1) is 11.8 Å². The number of aromatic nitrogens is 2. The van der Waals surface area contributed by atoms with Crippen molar-refractivity contribution >= 4 is 35.1 Å². The summed E-state index contributed by atoms with van der Waals surface area (Å²) in [4.78, 5) is 13.2. The standard InChI is InChI=1S/C18H22ClN3OS/c19-15-8-4-5-9-16(15)24-13-11-18(23)21-17-10-12-20-22(17)14-6-2-1-3-7-14/h4-5,8-10,12,14H,1-3,6-7,11,13H2,(H,21,23). The zero-order chi connectivity index (χ0) is 16.8. The van der Waals surface area contributed by atoms with E-state index in [0.717, 1.165) is 28.6 Å². The summed E-state index contributed by atoms with van der Waals surface area (Å²) < 4.78 is 1.98. The number of carbonyl (C=O) groups is 1. The Hall–Kier alpha value is -1.46. The van der Waals surface area contributed by atoms with Crippen LogP contribution in [0.15, 0.2) is 41.4 Å². The molecule has 1 aliphatic rings. The Morgan fingerprint density at radius 3 is 2.83 bits per heavy atom. The second-order valence-electron chi connectivity index (χ2n) is 6.03. The molecule has 1 heterocycles. The number of benzene rings is 1.